The SMILES string of the molecule is CN(C)C1=C=COC=C1. The van der Waals surface area contributed by atoms with Gasteiger partial charge in [0.05, 0.1) is 12.0 Å². The van der Waals surface area contributed by atoms with Crippen molar-refractivity contribution in [3.05, 3.63) is 30.0 Å². The second-order valence-electron chi connectivity index (χ2n) is 1.98. The molecule has 9 heavy (non-hydrogen) atoms. The van der Waals surface area contributed by atoms with Crippen LogP contribution < -0.4 is 0 Å². The number of allylic oxidation sites excluding steroid dienone is 1. The Bertz CT molecular complexity index is 185. The van der Waals surface area contributed by atoms with Gasteiger partial charge < -0.3 is 9.64 Å². The Kier molecular flexibility index (Phi) is 1.61. The van der Waals surface area contributed by atoms with E-state index in [0.29, 0.717) is 0 Å². The maximum atomic E-state index is 4.79. The molecule has 2 heteroatoms. The Hall–Kier alpha value is -1.14. The van der Waals surface area contributed by atoms with Gasteiger partial charge in [0.2, 0.25) is 0 Å². The van der Waals surface area contributed by atoms with E-state index in [9.17, 15) is 0 Å². The van der Waals surface area contributed by atoms with E-state index >= 15 is 0 Å². The molecule has 0 aromatic carbocycles. The van der Waals surface area contributed by atoms with E-state index in [1.165, 1.54) is 6.26 Å². The van der Waals surface area contributed by atoms with E-state index in [1.54, 1.807) is 6.26 Å². The third kappa shape index (κ3) is 1.37. The quantitative estimate of drug-likeness (QED) is 0.484. The first kappa shape index (κ1) is 5.99. The number of rotatable bonds is 1. The smallest absolute Gasteiger partial charge is 0.134 e. The Morgan fingerprint density at radius 3 is 2.67 bits per heavy atom. The second-order valence-corrected chi connectivity index (χ2v) is 1.98. The molecule has 0 spiro atoms. The molecule has 2 nitrogen and oxygen atoms in total. The van der Waals surface area contributed by atoms with Crippen LogP contribution >= 0.6 is 0 Å². The van der Waals surface area contributed by atoms with Crippen molar-refractivity contribution >= 4 is 0 Å². The number of nitrogens with zero attached hydrogens (tertiary/aromatic N) is 1. The highest BCUT2D eigenvalue weighted by Gasteiger charge is 1.93. The Labute approximate surface area is 54.7 Å². The zero-order valence-electron chi connectivity index (χ0n) is 5.59. The molecule has 0 bridgehead atoms. The summed E-state index contributed by atoms with van der Waals surface area (Å²) in [5, 5.41) is 0. The van der Waals surface area contributed by atoms with Crippen LogP contribution in [0.3, 0.4) is 0 Å². The minimum absolute atomic E-state index is 1.03. The molecule has 0 aromatic heterocycles. The van der Waals surface area contributed by atoms with Crippen LogP contribution in [0, 0.1) is 0 Å². The molecule has 0 fully saturated rings. The first-order valence-corrected chi connectivity index (χ1v) is 2.75. The molecule has 0 amide bonds. The van der Waals surface area contributed by atoms with Gasteiger partial charge in [-0.1, -0.05) is 5.73 Å². The zero-order chi connectivity index (χ0) is 6.69. The molecule has 0 saturated carbocycles. The molecule has 0 N–H and O–H groups in total. The van der Waals surface area contributed by atoms with Crippen molar-refractivity contribution in [3.8, 4) is 0 Å². The topological polar surface area (TPSA) is 12.5 Å². The number of likely N-dealkylation sites (N-methyl/N-ethyl adjacent to an activating group) is 1. The average molecular weight is 123 g/mol. The molecule has 0 saturated heterocycles. The van der Waals surface area contributed by atoms with Gasteiger partial charge in [0.25, 0.3) is 0 Å². The fourth-order valence-corrected chi connectivity index (χ4v) is 0.564. The summed E-state index contributed by atoms with van der Waals surface area (Å²) in [4.78, 5) is 1.97. The van der Waals surface area contributed by atoms with Crippen molar-refractivity contribution in [1.29, 1.82) is 0 Å². The van der Waals surface area contributed by atoms with Gasteiger partial charge in [-0.25, -0.2) is 0 Å². The van der Waals surface area contributed by atoms with E-state index in [4.69, 9.17) is 4.74 Å². The molecule has 0 unspecified atom stereocenters. The van der Waals surface area contributed by atoms with Gasteiger partial charge in [-0.05, 0) is 0 Å². The van der Waals surface area contributed by atoms with E-state index in [-0.39, 0.29) is 0 Å². The summed E-state index contributed by atoms with van der Waals surface area (Å²) in [6.45, 7) is 0. The summed E-state index contributed by atoms with van der Waals surface area (Å²) in [5.41, 5.74) is 3.96. The normalized spacial score (nSPS) is 14.7. The standard InChI is InChI=1S/C7H9NO/c1-8(2)7-3-5-9-6-4-7/h3,5-6H,1-2H3. The average Bonchev–Trinajstić information content (AvgIpc) is 1.90. The zero-order valence-corrected chi connectivity index (χ0v) is 5.59. The summed E-state index contributed by atoms with van der Waals surface area (Å²) < 4.78 is 4.79. The van der Waals surface area contributed by atoms with Crippen LogP contribution in [0.2, 0.25) is 0 Å². The highest BCUT2D eigenvalue weighted by molar-refractivity contribution is 5.16. The third-order valence-corrected chi connectivity index (χ3v) is 1.06. The molecule has 0 aromatic rings. The third-order valence-electron chi connectivity index (χ3n) is 1.06. The van der Waals surface area contributed by atoms with Gasteiger partial charge in [-0.2, -0.15) is 0 Å². The van der Waals surface area contributed by atoms with Crippen LogP contribution in [0.25, 0.3) is 0 Å². The summed E-state index contributed by atoms with van der Waals surface area (Å²) >= 11 is 0. The van der Waals surface area contributed by atoms with Crippen LogP contribution in [0.1, 0.15) is 0 Å². The van der Waals surface area contributed by atoms with Gasteiger partial charge >= 0.3 is 0 Å². The lowest BCUT2D eigenvalue weighted by molar-refractivity contribution is 0.392. The maximum absolute atomic E-state index is 4.79. The predicted molar refractivity (Wildman–Crippen MR) is 35.5 cm³/mol. The van der Waals surface area contributed by atoms with Crippen molar-refractivity contribution in [2.75, 3.05) is 14.1 Å². The van der Waals surface area contributed by atoms with Crippen LogP contribution in [0.5, 0.6) is 0 Å². The Morgan fingerprint density at radius 1 is 1.56 bits per heavy atom. The molecule has 1 heterocycles. The fraction of sp³-hybridized carbons (Fsp3) is 0.286. The Morgan fingerprint density at radius 2 is 2.33 bits per heavy atom. The number of hydrogen-bond acceptors (Lipinski definition) is 2. The van der Waals surface area contributed by atoms with E-state index in [0.717, 1.165) is 5.70 Å². The highest BCUT2D eigenvalue weighted by Crippen LogP contribution is 2.01. The fourth-order valence-electron chi connectivity index (χ4n) is 0.564. The summed E-state index contributed by atoms with van der Waals surface area (Å²) in [6.07, 6.45) is 5.03. The maximum Gasteiger partial charge on any atom is 0.134 e. The van der Waals surface area contributed by atoms with Crippen LogP contribution in [0.15, 0.2) is 30.0 Å². The van der Waals surface area contributed by atoms with E-state index < -0.39 is 0 Å². The lowest BCUT2D eigenvalue weighted by Gasteiger charge is -2.11. The van der Waals surface area contributed by atoms with Gasteiger partial charge in [0.15, 0.2) is 0 Å². The molecule has 48 valence electrons. The Balaban J connectivity index is 2.79. The molecule has 0 aliphatic carbocycles. The van der Waals surface area contributed by atoms with Gasteiger partial charge in [-0.3, -0.25) is 0 Å². The molecule has 0 atom stereocenters. The summed E-state index contributed by atoms with van der Waals surface area (Å²) in [5.74, 6) is 0. The molecule has 0 radical (unpaired) electrons. The molecule has 1 rings (SSSR count). The lowest BCUT2D eigenvalue weighted by atomic mass is 10.4. The second kappa shape index (κ2) is 2.42. The van der Waals surface area contributed by atoms with Crippen molar-refractivity contribution in [2.24, 2.45) is 0 Å². The van der Waals surface area contributed by atoms with Gasteiger partial charge in [-0.15, -0.1) is 0 Å². The minimum Gasteiger partial charge on any atom is -0.464 e. The largest absolute Gasteiger partial charge is 0.464 e. The number of ether oxygens (including phenoxy) is 1. The first-order valence-electron chi connectivity index (χ1n) is 2.75. The summed E-state index contributed by atoms with van der Waals surface area (Å²) in [6, 6.07) is 0. The predicted octanol–water partition coefficient (Wildman–Crippen LogP) is 1.09. The molecule has 1 aliphatic heterocycles. The van der Waals surface area contributed by atoms with E-state index in [2.05, 4.69) is 5.73 Å². The van der Waals surface area contributed by atoms with Crippen molar-refractivity contribution in [2.45, 2.75) is 0 Å². The minimum atomic E-state index is 1.03. The summed E-state index contributed by atoms with van der Waals surface area (Å²) in [7, 11) is 3.93. The van der Waals surface area contributed by atoms with Crippen LogP contribution in [0.4, 0.5) is 0 Å². The van der Waals surface area contributed by atoms with Crippen molar-refractivity contribution in [3.63, 3.8) is 0 Å². The van der Waals surface area contributed by atoms with E-state index in [1.807, 2.05) is 25.1 Å². The molecular formula is C7H9NO. The van der Waals surface area contributed by atoms with Crippen LogP contribution in [-0.4, -0.2) is 19.0 Å². The van der Waals surface area contributed by atoms with Gasteiger partial charge in [0.1, 0.15) is 6.26 Å². The monoisotopic (exact) mass is 123 g/mol. The molecular weight excluding hydrogens is 114 g/mol. The van der Waals surface area contributed by atoms with Gasteiger partial charge in [0, 0.05) is 20.2 Å². The first-order chi connectivity index (χ1) is 4.30. The van der Waals surface area contributed by atoms with Crippen molar-refractivity contribution < 1.29 is 4.74 Å². The highest BCUT2D eigenvalue weighted by atomic mass is 16.5. The van der Waals surface area contributed by atoms with Crippen molar-refractivity contribution in [1.82, 2.24) is 4.90 Å². The van der Waals surface area contributed by atoms with Crippen LogP contribution in [-0.2, 0) is 4.74 Å². The number of hydrogen-bond donors (Lipinski definition) is 0. The lowest BCUT2D eigenvalue weighted by Crippen LogP contribution is -2.08. The molecule has 1 aliphatic rings.